The van der Waals surface area contributed by atoms with Crippen molar-refractivity contribution in [1.82, 2.24) is 4.90 Å². The molecule has 1 rings (SSSR count). The van der Waals surface area contributed by atoms with Gasteiger partial charge in [-0.2, -0.15) is 0 Å². The molecule has 0 saturated carbocycles. The first-order chi connectivity index (χ1) is 8.17. The standard InChI is InChI=1S/C15H26N2/c1-4-6-10-17(5-2)12-15(16)14-9-7-8-13(3)11-14/h7-9,11,15H,4-6,10,12,16H2,1-3H3. The molecular weight excluding hydrogens is 208 g/mol. The largest absolute Gasteiger partial charge is 0.323 e. The van der Waals surface area contributed by atoms with E-state index < -0.39 is 0 Å². The van der Waals surface area contributed by atoms with Crippen molar-refractivity contribution in [1.29, 1.82) is 0 Å². The minimum Gasteiger partial charge on any atom is -0.323 e. The Balaban J connectivity index is 2.54. The van der Waals surface area contributed by atoms with Crippen molar-refractivity contribution in [3.05, 3.63) is 35.4 Å². The van der Waals surface area contributed by atoms with E-state index in [9.17, 15) is 0 Å². The Bertz CT molecular complexity index is 322. The van der Waals surface area contributed by atoms with Crippen molar-refractivity contribution in [2.45, 2.75) is 39.7 Å². The number of benzene rings is 1. The van der Waals surface area contributed by atoms with E-state index in [1.54, 1.807) is 0 Å². The molecule has 0 aliphatic rings. The Hall–Kier alpha value is -0.860. The monoisotopic (exact) mass is 234 g/mol. The van der Waals surface area contributed by atoms with Gasteiger partial charge in [-0.1, -0.05) is 50.1 Å². The summed E-state index contributed by atoms with van der Waals surface area (Å²) in [4.78, 5) is 2.44. The lowest BCUT2D eigenvalue weighted by Crippen LogP contribution is -2.32. The average molecular weight is 234 g/mol. The maximum absolute atomic E-state index is 6.27. The van der Waals surface area contributed by atoms with E-state index in [-0.39, 0.29) is 6.04 Å². The number of aryl methyl sites for hydroxylation is 1. The third-order valence-corrected chi connectivity index (χ3v) is 3.20. The molecule has 0 fully saturated rings. The molecule has 2 heteroatoms. The van der Waals surface area contributed by atoms with Crippen LogP contribution >= 0.6 is 0 Å². The summed E-state index contributed by atoms with van der Waals surface area (Å²) in [7, 11) is 0. The van der Waals surface area contributed by atoms with Crippen LogP contribution in [0.4, 0.5) is 0 Å². The summed E-state index contributed by atoms with van der Waals surface area (Å²) >= 11 is 0. The first-order valence-electron chi connectivity index (χ1n) is 6.71. The molecule has 2 N–H and O–H groups in total. The zero-order valence-corrected chi connectivity index (χ0v) is 11.4. The molecule has 0 amide bonds. The van der Waals surface area contributed by atoms with Crippen molar-refractivity contribution in [3.8, 4) is 0 Å². The number of hydrogen-bond acceptors (Lipinski definition) is 2. The van der Waals surface area contributed by atoms with Gasteiger partial charge in [-0.15, -0.1) is 0 Å². The Labute approximate surface area is 106 Å². The van der Waals surface area contributed by atoms with Gasteiger partial charge in [-0.05, 0) is 32.0 Å². The topological polar surface area (TPSA) is 29.3 Å². The Morgan fingerprint density at radius 3 is 2.65 bits per heavy atom. The van der Waals surface area contributed by atoms with E-state index in [0.29, 0.717) is 0 Å². The lowest BCUT2D eigenvalue weighted by atomic mass is 10.0. The van der Waals surface area contributed by atoms with Crippen molar-refractivity contribution in [2.24, 2.45) is 5.73 Å². The van der Waals surface area contributed by atoms with Gasteiger partial charge in [0.1, 0.15) is 0 Å². The van der Waals surface area contributed by atoms with E-state index in [1.165, 1.54) is 24.0 Å². The molecule has 1 atom stereocenters. The molecule has 0 spiro atoms. The zero-order valence-electron chi connectivity index (χ0n) is 11.4. The fourth-order valence-electron chi connectivity index (χ4n) is 2.04. The number of nitrogens with zero attached hydrogens (tertiary/aromatic N) is 1. The van der Waals surface area contributed by atoms with Crippen LogP contribution in [-0.4, -0.2) is 24.5 Å². The van der Waals surface area contributed by atoms with Gasteiger partial charge in [-0.25, -0.2) is 0 Å². The highest BCUT2D eigenvalue weighted by Gasteiger charge is 2.10. The molecule has 0 aromatic heterocycles. The second-order valence-electron chi connectivity index (χ2n) is 4.77. The van der Waals surface area contributed by atoms with Gasteiger partial charge in [-0.3, -0.25) is 0 Å². The number of unbranched alkanes of at least 4 members (excludes halogenated alkanes) is 1. The highest BCUT2D eigenvalue weighted by Crippen LogP contribution is 2.13. The fourth-order valence-corrected chi connectivity index (χ4v) is 2.04. The van der Waals surface area contributed by atoms with Gasteiger partial charge in [0.25, 0.3) is 0 Å². The zero-order chi connectivity index (χ0) is 12.7. The van der Waals surface area contributed by atoms with Crippen LogP contribution in [0.5, 0.6) is 0 Å². The minimum absolute atomic E-state index is 0.131. The number of rotatable bonds is 7. The molecule has 2 nitrogen and oxygen atoms in total. The van der Waals surface area contributed by atoms with Gasteiger partial charge >= 0.3 is 0 Å². The average Bonchev–Trinajstić information content (AvgIpc) is 2.34. The van der Waals surface area contributed by atoms with Crippen molar-refractivity contribution in [2.75, 3.05) is 19.6 Å². The molecule has 0 bridgehead atoms. The summed E-state index contributed by atoms with van der Waals surface area (Å²) in [6.45, 7) is 9.75. The van der Waals surface area contributed by atoms with Gasteiger partial charge in [0.2, 0.25) is 0 Å². The maximum Gasteiger partial charge on any atom is 0.0424 e. The third kappa shape index (κ3) is 4.88. The van der Waals surface area contributed by atoms with Gasteiger partial charge in [0.05, 0.1) is 0 Å². The minimum atomic E-state index is 0.131. The lowest BCUT2D eigenvalue weighted by Gasteiger charge is -2.24. The highest BCUT2D eigenvalue weighted by molar-refractivity contribution is 5.25. The second kappa shape index (κ2) is 7.46. The van der Waals surface area contributed by atoms with Crippen LogP contribution in [0.25, 0.3) is 0 Å². The molecule has 0 saturated heterocycles. The molecular formula is C15H26N2. The van der Waals surface area contributed by atoms with E-state index in [0.717, 1.165) is 19.6 Å². The van der Waals surface area contributed by atoms with Crippen LogP contribution in [-0.2, 0) is 0 Å². The molecule has 1 aromatic rings. The molecule has 0 radical (unpaired) electrons. The Morgan fingerprint density at radius 1 is 1.29 bits per heavy atom. The fraction of sp³-hybridized carbons (Fsp3) is 0.600. The number of hydrogen-bond donors (Lipinski definition) is 1. The van der Waals surface area contributed by atoms with Crippen molar-refractivity contribution >= 4 is 0 Å². The van der Waals surface area contributed by atoms with E-state index in [1.807, 2.05) is 0 Å². The molecule has 0 aliphatic carbocycles. The maximum atomic E-state index is 6.27. The Kier molecular flexibility index (Phi) is 6.23. The quantitative estimate of drug-likeness (QED) is 0.785. The summed E-state index contributed by atoms with van der Waals surface area (Å²) < 4.78 is 0. The molecule has 17 heavy (non-hydrogen) atoms. The molecule has 0 aliphatic heterocycles. The highest BCUT2D eigenvalue weighted by atomic mass is 15.1. The van der Waals surface area contributed by atoms with E-state index in [2.05, 4.69) is 49.9 Å². The van der Waals surface area contributed by atoms with E-state index >= 15 is 0 Å². The summed E-state index contributed by atoms with van der Waals surface area (Å²) in [5, 5.41) is 0. The SMILES string of the molecule is CCCCN(CC)CC(N)c1cccc(C)c1. The summed E-state index contributed by atoms with van der Waals surface area (Å²) in [6, 6.07) is 8.66. The normalized spacial score (nSPS) is 13.0. The van der Waals surface area contributed by atoms with Gasteiger partial charge in [0.15, 0.2) is 0 Å². The van der Waals surface area contributed by atoms with Crippen LogP contribution in [0, 0.1) is 6.92 Å². The molecule has 1 aromatic carbocycles. The third-order valence-electron chi connectivity index (χ3n) is 3.20. The van der Waals surface area contributed by atoms with Crippen molar-refractivity contribution < 1.29 is 0 Å². The van der Waals surface area contributed by atoms with Crippen LogP contribution in [0.15, 0.2) is 24.3 Å². The van der Waals surface area contributed by atoms with Crippen LogP contribution in [0.1, 0.15) is 43.9 Å². The molecule has 0 heterocycles. The number of nitrogens with two attached hydrogens (primary N) is 1. The first kappa shape index (κ1) is 14.2. The second-order valence-corrected chi connectivity index (χ2v) is 4.77. The molecule has 96 valence electrons. The Morgan fingerprint density at radius 2 is 2.06 bits per heavy atom. The van der Waals surface area contributed by atoms with Gasteiger partial charge < -0.3 is 10.6 Å². The smallest absolute Gasteiger partial charge is 0.0424 e. The summed E-state index contributed by atoms with van der Waals surface area (Å²) in [6.07, 6.45) is 2.50. The first-order valence-corrected chi connectivity index (χ1v) is 6.71. The van der Waals surface area contributed by atoms with Crippen molar-refractivity contribution in [3.63, 3.8) is 0 Å². The predicted octanol–water partition coefficient (Wildman–Crippen LogP) is 3.12. The summed E-state index contributed by atoms with van der Waals surface area (Å²) in [5.41, 5.74) is 8.81. The van der Waals surface area contributed by atoms with Crippen LogP contribution in [0.2, 0.25) is 0 Å². The number of likely N-dealkylation sites (N-methyl/N-ethyl adjacent to an activating group) is 1. The van der Waals surface area contributed by atoms with Gasteiger partial charge in [0, 0.05) is 12.6 Å². The van der Waals surface area contributed by atoms with Crippen LogP contribution < -0.4 is 5.73 Å². The van der Waals surface area contributed by atoms with E-state index in [4.69, 9.17) is 5.73 Å². The molecule has 1 unspecified atom stereocenters. The predicted molar refractivity (Wildman–Crippen MR) is 75.1 cm³/mol. The van der Waals surface area contributed by atoms with Crippen LogP contribution in [0.3, 0.4) is 0 Å². The lowest BCUT2D eigenvalue weighted by molar-refractivity contribution is 0.266. The summed E-state index contributed by atoms with van der Waals surface area (Å²) in [5.74, 6) is 0.